The Morgan fingerprint density at radius 3 is 3.04 bits per heavy atom. The predicted molar refractivity (Wildman–Crippen MR) is 90.9 cm³/mol. The molecule has 0 aromatic carbocycles. The average Bonchev–Trinajstić information content (AvgIpc) is 2.94. The first-order valence-corrected chi connectivity index (χ1v) is 8.75. The van der Waals surface area contributed by atoms with Gasteiger partial charge in [0.2, 0.25) is 11.8 Å². The summed E-state index contributed by atoms with van der Waals surface area (Å²) >= 11 is 0. The van der Waals surface area contributed by atoms with Gasteiger partial charge >= 0.3 is 0 Å². The maximum absolute atomic E-state index is 12.8. The highest BCUT2D eigenvalue weighted by molar-refractivity contribution is 5.79. The second-order valence-electron chi connectivity index (χ2n) is 6.92. The van der Waals surface area contributed by atoms with E-state index in [1.165, 1.54) is 0 Å². The summed E-state index contributed by atoms with van der Waals surface area (Å²) in [7, 11) is 1.98. The van der Waals surface area contributed by atoms with Crippen molar-refractivity contribution < 1.29 is 14.3 Å². The van der Waals surface area contributed by atoms with Gasteiger partial charge in [0.05, 0.1) is 19.1 Å². The molecule has 6 nitrogen and oxygen atoms in total. The summed E-state index contributed by atoms with van der Waals surface area (Å²) in [5.41, 5.74) is 0. The van der Waals surface area contributed by atoms with Crippen molar-refractivity contribution >= 4 is 5.91 Å². The number of carbonyl (C=O) groups excluding carboxylic acids is 1. The summed E-state index contributed by atoms with van der Waals surface area (Å²) in [4.78, 5) is 21.0. The molecule has 0 radical (unpaired) electrons. The van der Waals surface area contributed by atoms with Crippen molar-refractivity contribution in [1.29, 1.82) is 0 Å². The fourth-order valence-electron chi connectivity index (χ4n) is 3.36. The summed E-state index contributed by atoms with van der Waals surface area (Å²) < 4.78 is 12.0. The summed E-state index contributed by atoms with van der Waals surface area (Å²) in [5, 5.41) is 0. The van der Waals surface area contributed by atoms with E-state index in [0.29, 0.717) is 25.0 Å². The number of fused-ring (bicyclic) bond motifs is 1. The smallest absolute Gasteiger partial charge is 0.237 e. The topological polar surface area (TPSA) is 54.9 Å². The van der Waals surface area contributed by atoms with Crippen LogP contribution >= 0.6 is 0 Å². The number of hydrogen-bond acceptors (Lipinski definition) is 5. The Labute approximate surface area is 143 Å². The van der Waals surface area contributed by atoms with Gasteiger partial charge in [-0.1, -0.05) is 6.07 Å². The molecule has 3 rings (SSSR count). The number of rotatable bonds is 5. The molecule has 1 aromatic heterocycles. The Morgan fingerprint density at radius 2 is 2.33 bits per heavy atom. The Bertz CT molecular complexity index is 552. The van der Waals surface area contributed by atoms with Gasteiger partial charge in [-0.2, -0.15) is 0 Å². The standard InChI is InChI=1S/C18H27N3O3/c1-13(2)20(3)12-17(22)21-11-15(18-14(21)7-6-10-23-18)24-16-8-4-5-9-19-16/h4-5,8-9,13-15,18H,6-7,10-12H2,1-3H3/t14-,15+,18+/m1/s1. The second-order valence-corrected chi connectivity index (χ2v) is 6.92. The minimum absolute atomic E-state index is 0.0611. The summed E-state index contributed by atoms with van der Waals surface area (Å²) in [5.74, 6) is 0.739. The van der Waals surface area contributed by atoms with Crippen LogP contribution in [-0.4, -0.2) is 71.7 Å². The van der Waals surface area contributed by atoms with Gasteiger partial charge in [-0.05, 0) is 39.8 Å². The lowest BCUT2D eigenvalue weighted by molar-refractivity contribution is -0.136. The van der Waals surface area contributed by atoms with Crippen LogP contribution in [0.3, 0.4) is 0 Å². The van der Waals surface area contributed by atoms with Crippen LogP contribution in [-0.2, 0) is 9.53 Å². The van der Waals surface area contributed by atoms with E-state index >= 15 is 0 Å². The zero-order valence-corrected chi connectivity index (χ0v) is 14.7. The normalized spacial score (nSPS) is 26.7. The predicted octanol–water partition coefficient (Wildman–Crippen LogP) is 1.56. The lowest BCUT2D eigenvalue weighted by atomic mass is 10.0. The molecule has 0 N–H and O–H groups in total. The van der Waals surface area contributed by atoms with Gasteiger partial charge in [0.25, 0.3) is 0 Å². The summed E-state index contributed by atoms with van der Waals surface area (Å²) in [6, 6.07) is 6.06. The van der Waals surface area contributed by atoms with Crippen molar-refractivity contribution in [3.8, 4) is 5.88 Å². The maximum atomic E-state index is 12.8. The molecular formula is C18H27N3O3. The highest BCUT2D eigenvalue weighted by Gasteiger charge is 2.47. The van der Waals surface area contributed by atoms with Crippen LogP contribution in [0.1, 0.15) is 26.7 Å². The van der Waals surface area contributed by atoms with E-state index in [1.54, 1.807) is 6.20 Å². The largest absolute Gasteiger partial charge is 0.470 e. The van der Waals surface area contributed by atoms with Crippen LogP contribution < -0.4 is 4.74 Å². The van der Waals surface area contributed by atoms with E-state index in [2.05, 4.69) is 23.7 Å². The minimum Gasteiger partial charge on any atom is -0.470 e. The number of nitrogens with zero attached hydrogens (tertiary/aromatic N) is 3. The van der Waals surface area contributed by atoms with Crippen LogP contribution in [0.5, 0.6) is 5.88 Å². The maximum Gasteiger partial charge on any atom is 0.237 e. The highest BCUT2D eigenvalue weighted by atomic mass is 16.5. The van der Waals surface area contributed by atoms with Crippen LogP contribution in [0, 0.1) is 0 Å². The van der Waals surface area contributed by atoms with E-state index in [4.69, 9.17) is 9.47 Å². The van der Waals surface area contributed by atoms with Crippen molar-refractivity contribution in [2.24, 2.45) is 0 Å². The molecule has 2 saturated heterocycles. The molecule has 0 bridgehead atoms. The van der Waals surface area contributed by atoms with Crippen molar-refractivity contribution in [1.82, 2.24) is 14.8 Å². The first-order valence-electron chi connectivity index (χ1n) is 8.75. The monoisotopic (exact) mass is 333 g/mol. The van der Waals surface area contributed by atoms with Crippen LogP contribution in [0.2, 0.25) is 0 Å². The van der Waals surface area contributed by atoms with Gasteiger partial charge in [0.15, 0.2) is 0 Å². The number of ether oxygens (including phenoxy) is 2. The van der Waals surface area contributed by atoms with E-state index in [1.807, 2.05) is 30.1 Å². The first-order chi connectivity index (χ1) is 11.6. The molecule has 132 valence electrons. The molecule has 0 aliphatic carbocycles. The SMILES string of the molecule is CC(C)N(C)CC(=O)N1C[C@H](Oc2ccccn2)[C@H]2OCCC[C@H]21. The van der Waals surface area contributed by atoms with Crippen LogP contribution in [0.15, 0.2) is 24.4 Å². The third-order valence-corrected chi connectivity index (χ3v) is 4.97. The quantitative estimate of drug-likeness (QED) is 0.818. The van der Waals surface area contributed by atoms with Crippen LogP contribution in [0.4, 0.5) is 0 Å². The molecule has 2 aliphatic rings. The molecule has 3 atom stereocenters. The van der Waals surface area contributed by atoms with Crippen LogP contribution in [0.25, 0.3) is 0 Å². The molecule has 6 heteroatoms. The fourth-order valence-corrected chi connectivity index (χ4v) is 3.36. The fraction of sp³-hybridized carbons (Fsp3) is 0.667. The molecule has 0 unspecified atom stereocenters. The Morgan fingerprint density at radius 1 is 1.50 bits per heavy atom. The Hall–Kier alpha value is -1.66. The van der Waals surface area contributed by atoms with Crippen molar-refractivity contribution in [3.63, 3.8) is 0 Å². The molecule has 0 spiro atoms. The third-order valence-electron chi connectivity index (χ3n) is 4.97. The van der Waals surface area contributed by atoms with E-state index in [9.17, 15) is 4.79 Å². The molecular weight excluding hydrogens is 306 g/mol. The summed E-state index contributed by atoms with van der Waals surface area (Å²) in [6.45, 7) is 5.92. The van der Waals surface area contributed by atoms with E-state index < -0.39 is 0 Å². The molecule has 1 aromatic rings. The number of likely N-dealkylation sites (N-methyl/N-ethyl adjacent to an activating group) is 1. The average molecular weight is 333 g/mol. The van der Waals surface area contributed by atoms with E-state index in [-0.39, 0.29) is 24.2 Å². The van der Waals surface area contributed by atoms with Crippen molar-refractivity contribution in [2.75, 3.05) is 26.7 Å². The Kier molecular flexibility index (Phi) is 5.36. The lowest BCUT2D eigenvalue weighted by Crippen LogP contribution is -2.47. The second kappa shape index (κ2) is 7.49. The number of carbonyl (C=O) groups is 1. The summed E-state index contributed by atoms with van der Waals surface area (Å²) in [6.07, 6.45) is 3.46. The Balaban J connectivity index is 1.70. The zero-order valence-electron chi connectivity index (χ0n) is 14.7. The van der Waals surface area contributed by atoms with Gasteiger partial charge < -0.3 is 14.4 Å². The molecule has 3 heterocycles. The third kappa shape index (κ3) is 3.70. The molecule has 24 heavy (non-hydrogen) atoms. The molecule has 0 saturated carbocycles. The van der Waals surface area contributed by atoms with Gasteiger partial charge in [0.1, 0.15) is 12.2 Å². The molecule has 1 amide bonds. The minimum atomic E-state index is -0.154. The lowest BCUT2D eigenvalue weighted by Gasteiger charge is -2.33. The van der Waals surface area contributed by atoms with Gasteiger partial charge in [-0.3, -0.25) is 9.69 Å². The number of likely N-dealkylation sites (tertiary alicyclic amines) is 1. The van der Waals surface area contributed by atoms with Gasteiger partial charge in [0, 0.05) is 24.9 Å². The number of aromatic nitrogens is 1. The number of pyridine rings is 1. The van der Waals surface area contributed by atoms with E-state index in [0.717, 1.165) is 19.4 Å². The van der Waals surface area contributed by atoms with Crippen molar-refractivity contribution in [2.45, 2.75) is 51.0 Å². The van der Waals surface area contributed by atoms with Gasteiger partial charge in [-0.15, -0.1) is 0 Å². The number of hydrogen-bond donors (Lipinski definition) is 0. The molecule has 2 fully saturated rings. The molecule has 2 aliphatic heterocycles. The zero-order chi connectivity index (χ0) is 17.1. The number of amides is 1. The highest BCUT2D eigenvalue weighted by Crippen LogP contribution is 2.31. The van der Waals surface area contributed by atoms with Gasteiger partial charge in [-0.25, -0.2) is 4.98 Å². The van der Waals surface area contributed by atoms with Crippen molar-refractivity contribution in [3.05, 3.63) is 24.4 Å². The first kappa shape index (κ1) is 17.2.